The summed E-state index contributed by atoms with van der Waals surface area (Å²) in [5, 5.41) is 12.1. The van der Waals surface area contributed by atoms with Gasteiger partial charge in [-0.1, -0.05) is 86.5 Å². The molecule has 1 N–H and O–H groups in total. The fraction of sp³-hybridized carbons (Fsp3) is 0.167. The SMILES string of the molecule is C#Cc1cccc2c1C(C)(C)C(O)(c1ccccc1)c1ccccc1-2. The zero-order chi connectivity index (χ0) is 17.7. The summed E-state index contributed by atoms with van der Waals surface area (Å²) in [6.45, 7) is 4.16. The first kappa shape index (κ1) is 15.7. The lowest BCUT2D eigenvalue weighted by atomic mass is 9.57. The fourth-order valence-electron chi connectivity index (χ4n) is 4.32. The second kappa shape index (κ2) is 5.34. The Morgan fingerprint density at radius 2 is 1.44 bits per heavy atom. The summed E-state index contributed by atoms with van der Waals surface area (Å²) < 4.78 is 0. The number of hydrogen-bond donors (Lipinski definition) is 1. The van der Waals surface area contributed by atoms with Crippen molar-refractivity contribution in [3.63, 3.8) is 0 Å². The zero-order valence-corrected chi connectivity index (χ0v) is 14.5. The molecular weight excluding hydrogens is 304 g/mol. The molecule has 1 aliphatic carbocycles. The van der Waals surface area contributed by atoms with E-state index in [-0.39, 0.29) is 0 Å². The molecule has 25 heavy (non-hydrogen) atoms. The lowest BCUT2D eigenvalue weighted by Crippen LogP contribution is -2.49. The Labute approximate surface area is 149 Å². The van der Waals surface area contributed by atoms with Gasteiger partial charge >= 0.3 is 0 Å². The molecule has 0 amide bonds. The highest BCUT2D eigenvalue weighted by Crippen LogP contribution is 2.56. The number of aliphatic hydroxyl groups is 1. The topological polar surface area (TPSA) is 20.2 Å². The van der Waals surface area contributed by atoms with Crippen molar-refractivity contribution in [1.29, 1.82) is 0 Å². The van der Waals surface area contributed by atoms with Gasteiger partial charge in [-0.2, -0.15) is 0 Å². The molecule has 3 aromatic rings. The molecule has 0 radical (unpaired) electrons. The van der Waals surface area contributed by atoms with Crippen molar-refractivity contribution in [3.05, 3.63) is 95.1 Å². The predicted octanol–water partition coefficient (Wildman–Crippen LogP) is 4.86. The van der Waals surface area contributed by atoms with Crippen LogP contribution in [0.5, 0.6) is 0 Å². The summed E-state index contributed by atoms with van der Waals surface area (Å²) in [7, 11) is 0. The Kier molecular flexibility index (Phi) is 3.35. The van der Waals surface area contributed by atoms with Crippen LogP contribution >= 0.6 is 0 Å². The van der Waals surface area contributed by atoms with Crippen molar-refractivity contribution in [3.8, 4) is 23.5 Å². The third-order valence-corrected chi connectivity index (χ3v) is 5.55. The molecule has 0 aromatic heterocycles. The van der Waals surface area contributed by atoms with Crippen molar-refractivity contribution in [2.24, 2.45) is 0 Å². The van der Waals surface area contributed by atoms with Gasteiger partial charge in [-0.3, -0.25) is 0 Å². The van der Waals surface area contributed by atoms with E-state index in [9.17, 15) is 5.11 Å². The maximum atomic E-state index is 12.1. The van der Waals surface area contributed by atoms with E-state index >= 15 is 0 Å². The summed E-state index contributed by atoms with van der Waals surface area (Å²) in [5.41, 5.74) is 4.08. The van der Waals surface area contributed by atoms with E-state index in [4.69, 9.17) is 6.42 Å². The van der Waals surface area contributed by atoms with Crippen LogP contribution in [0.25, 0.3) is 11.1 Å². The van der Waals surface area contributed by atoms with Crippen molar-refractivity contribution >= 4 is 0 Å². The van der Waals surface area contributed by atoms with Gasteiger partial charge in [-0.25, -0.2) is 0 Å². The van der Waals surface area contributed by atoms with Crippen molar-refractivity contribution in [2.75, 3.05) is 0 Å². The average Bonchev–Trinajstić information content (AvgIpc) is 2.66. The van der Waals surface area contributed by atoms with Gasteiger partial charge in [-0.15, -0.1) is 6.42 Å². The monoisotopic (exact) mass is 324 g/mol. The quantitative estimate of drug-likeness (QED) is 0.634. The number of fused-ring (bicyclic) bond motifs is 3. The van der Waals surface area contributed by atoms with Gasteiger partial charge in [0.05, 0.1) is 0 Å². The van der Waals surface area contributed by atoms with Gasteiger partial charge < -0.3 is 5.11 Å². The Bertz CT molecular complexity index is 992. The van der Waals surface area contributed by atoms with Crippen LogP contribution in [0.15, 0.2) is 72.8 Å². The van der Waals surface area contributed by atoms with Crippen LogP contribution in [0.1, 0.15) is 36.1 Å². The normalized spacial score (nSPS) is 20.2. The van der Waals surface area contributed by atoms with E-state index in [0.717, 1.165) is 33.4 Å². The second-order valence-corrected chi connectivity index (χ2v) is 7.12. The van der Waals surface area contributed by atoms with Gasteiger partial charge in [0.15, 0.2) is 0 Å². The highest BCUT2D eigenvalue weighted by Gasteiger charge is 2.52. The molecule has 1 atom stereocenters. The van der Waals surface area contributed by atoms with Gasteiger partial charge in [0.1, 0.15) is 5.60 Å². The van der Waals surface area contributed by atoms with E-state index < -0.39 is 11.0 Å². The largest absolute Gasteiger partial charge is 0.379 e. The van der Waals surface area contributed by atoms with Crippen molar-refractivity contribution in [1.82, 2.24) is 0 Å². The molecule has 1 unspecified atom stereocenters. The standard InChI is InChI=1S/C24H20O/c1-4-17-11-10-15-20-19-14-8-9-16-21(19)24(25,23(2,3)22(17)20)18-12-6-5-7-13-18/h1,5-16,25H,2-3H3. The minimum atomic E-state index is -1.16. The van der Waals surface area contributed by atoms with Crippen LogP contribution in [0, 0.1) is 12.3 Å². The molecular formula is C24H20O. The molecule has 0 saturated heterocycles. The molecule has 0 aliphatic heterocycles. The van der Waals surface area contributed by atoms with Crippen LogP contribution < -0.4 is 0 Å². The van der Waals surface area contributed by atoms with Crippen LogP contribution in [0.4, 0.5) is 0 Å². The Balaban J connectivity index is 2.17. The summed E-state index contributed by atoms with van der Waals surface area (Å²) in [6, 6.07) is 24.0. The van der Waals surface area contributed by atoms with E-state index in [1.165, 1.54) is 0 Å². The first-order valence-electron chi connectivity index (χ1n) is 8.49. The molecule has 0 heterocycles. The number of hydrogen-bond acceptors (Lipinski definition) is 1. The van der Waals surface area contributed by atoms with E-state index in [2.05, 4.69) is 31.9 Å². The first-order chi connectivity index (χ1) is 12.0. The van der Waals surface area contributed by atoms with Crippen molar-refractivity contribution in [2.45, 2.75) is 24.9 Å². The predicted molar refractivity (Wildman–Crippen MR) is 102 cm³/mol. The number of rotatable bonds is 1. The molecule has 1 aliphatic rings. The lowest BCUT2D eigenvalue weighted by molar-refractivity contribution is 0.00665. The maximum absolute atomic E-state index is 12.1. The third kappa shape index (κ3) is 1.95. The summed E-state index contributed by atoms with van der Waals surface area (Å²) in [5.74, 6) is 2.82. The molecule has 4 rings (SSSR count). The highest BCUT2D eigenvalue weighted by molar-refractivity contribution is 5.80. The zero-order valence-electron chi connectivity index (χ0n) is 14.5. The molecule has 0 spiro atoms. The molecule has 122 valence electrons. The van der Waals surface area contributed by atoms with Gasteiger partial charge in [-0.05, 0) is 33.9 Å². The van der Waals surface area contributed by atoms with E-state index in [1.807, 2.05) is 60.7 Å². The summed E-state index contributed by atoms with van der Waals surface area (Å²) in [6.07, 6.45) is 5.81. The minimum absolute atomic E-state index is 0.582. The van der Waals surface area contributed by atoms with Crippen LogP contribution in [0.2, 0.25) is 0 Å². The first-order valence-corrected chi connectivity index (χ1v) is 8.49. The lowest BCUT2D eigenvalue weighted by Gasteiger charge is -2.49. The Morgan fingerprint density at radius 1 is 0.800 bits per heavy atom. The molecule has 0 bridgehead atoms. The van der Waals surface area contributed by atoms with Gasteiger partial charge in [0.2, 0.25) is 0 Å². The summed E-state index contributed by atoms with van der Waals surface area (Å²) >= 11 is 0. The molecule has 3 aromatic carbocycles. The molecule has 1 nitrogen and oxygen atoms in total. The fourth-order valence-corrected chi connectivity index (χ4v) is 4.32. The minimum Gasteiger partial charge on any atom is -0.379 e. The third-order valence-electron chi connectivity index (χ3n) is 5.55. The molecule has 0 fully saturated rings. The molecule has 1 heteroatoms. The van der Waals surface area contributed by atoms with Crippen LogP contribution in [0.3, 0.4) is 0 Å². The number of terminal acetylenes is 1. The van der Waals surface area contributed by atoms with Crippen molar-refractivity contribution < 1.29 is 5.11 Å². The smallest absolute Gasteiger partial charge is 0.124 e. The number of benzene rings is 3. The maximum Gasteiger partial charge on any atom is 0.124 e. The average molecular weight is 324 g/mol. The van der Waals surface area contributed by atoms with Gasteiger partial charge in [0, 0.05) is 11.0 Å². The second-order valence-electron chi connectivity index (χ2n) is 7.12. The van der Waals surface area contributed by atoms with Gasteiger partial charge in [0.25, 0.3) is 0 Å². The summed E-state index contributed by atoms with van der Waals surface area (Å²) in [4.78, 5) is 0. The van der Waals surface area contributed by atoms with E-state index in [0.29, 0.717) is 0 Å². The van der Waals surface area contributed by atoms with Crippen LogP contribution in [-0.2, 0) is 11.0 Å². The Morgan fingerprint density at radius 3 is 2.16 bits per heavy atom. The molecule has 0 saturated carbocycles. The Hall–Kier alpha value is -2.82. The highest BCUT2D eigenvalue weighted by atomic mass is 16.3. The van der Waals surface area contributed by atoms with E-state index in [1.54, 1.807) is 0 Å². The van der Waals surface area contributed by atoms with Crippen LogP contribution in [-0.4, -0.2) is 5.11 Å².